The molecule has 0 atom stereocenters. The summed E-state index contributed by atoms with van der Waals surface area (Å²) < 4.78 is 6.82. The predicted molar refractivity (Wildman–Crippen MR) is 71.3 cm³/mol. The van der Waals surface area contributed by atoms with Gasteiger partial charge in [-0.25, -0.2) is 9.78 Å². The van der Waals surface area contributed by atoms with Crippen LogP contribution in [-0.4, -0.2) is 33.0 Å². The molecule has 0 saturated carbocycles. The van der Waals surface area contributed by atoms with Crippen LogP contribution >= 0.6 is 11.3 Å². The van der Waals surface area contributed by atoms with E-state index in [0.29, 0.717) is 10.7 Å². The zero-order chi connectivity index (χ0) is 13.8. The van der Waals surface area contributed by atoms with Crippen molar-refractivity contribution in [1.29, 1.82) is 0 Å². The van der Waals surface area contributed by atoms with Crippen molar-refractivity contribution in [2.75, 3.05) is 7.11 Å². The number of carbonyl (C=O) groups is 1. The SMILES string of the molecule is CCCn1nccc1-c1nc(COC)c(C(=O)O)s1. The number of ether oxygens (including phenoxy) is 1. The highest BCUT2D eigenvalue weighted by Crippen LogP contribution is 2.28. The zero-order valence-electron chi connectivity index (χ0n) is 10.8. The molecule has 2 aromatic rings. The normalized spacial score (nSPS) is 10.8. The van der Waals surface area contributed by atoms with Gasteiger partial charge in [-0.05, 0) is 12.5 Å². The number of aryl methyl sites for hydroxylation is 1. The molecule has 0 aliphatic heterocycles. The van der Waals surface area contributed by atoms with E-state index in [4.69, 9.17) is 9.84 Å². The molecular formula is C12H15N3O3S. The smallest absolute Gasteiger partial charge is 0.347 e. The summed E-state index contributed by atoms with van der Waals surface area (Å²) in [4.78, 5) is 15.8. The van der Waals surface area contributed by atoms with Crippen LogP contribution < -0.4 is 0 Å². The van der Waals surface area contributed by atoms with Crippen molar-refractivity contribution in [2.45, 2.75) is 26.5 Å². The van der Waals surface area contributed by atoms with Crippen LogP contribution in [0.2, 0.25) is 0 Å². The Balaban J connectivity index is 2.42. The first kappa shape index (κ1) is 13.7. The fourth-order valence-electron chi connectivity index (χ4n) is 1.77. The van der Waals surface area contributed by atoms with Crippen molar-refractivity contribution in [3.8, 4) is 10.7 Å². The fraction of sp³-hybridized carbons (Fsp3) is 0.417. The van der Waals surface area contributed by atoms with Gasteiger partial charge < -0.3 is 9.84 Å². The lowest BCUT2D eigenvalue weighted by Crippen LogP contribution is -2.01. The summed E-state index contributed by atoms with van der Waals surface area (Å²) in [5, 5.41) is 14.0. The van der Waals surface area contributed by atoms with Gasteiger partial charge in [0.25, 0.3) is 0 Å². The van der Waals surface area contributed by atoms with Crippen LogP contribution in [0.25, 0.3) is 10.7 Å². The Morgan fingerprint density at radius 1 is 1.58 bits per heavy atom. The Morgan fingerprint density at radius 2 is 2.37 bits per heavy atom. The van der Waals surface area contributed by atoms with E-state index in [1.807, 2.05) is 10.7 Å². The lowest BCUT2D eigenvalue weighted by molar-refractivity contribution is 0.0697. The lowest BCUT2D eigenvalue weighted by atomic mass is 10.3. The van der Waals surface area contributed by atoms with Crippen molar-refractivity contribution < 1.29 is 14.6 Å². The Kier molecular flexibility index (Phi) is 4.28. The van der Waals surface area contributed by atoms with Crippen LogP contribution in [0.1, 0.15) is 28.7 Å². The number of thiazole rings is 1. The number of methoxy groups -OCH3 is 1. The zero-order valence-corrected chi connectivity index (χ0v) is 11.6. The summed E-state index contributed by atoms with van der Waals surface area (Å²) in [7, 11) is 1.52. The molecule has 7 heteroatoms. The van der Waals surface area contributed by atoms with Gasteiger partial charge in [0.1, 0.15) is 9.88 Å². The van der Waals surface area contributed by atoms with Crippen molar-refractivity contribution in [1.82, 2.24) is 14.8 Å². The number of aromatic nitrogens is 3. The molecule has 0 radical (unpaired) electrons. The molecule has 1 N–H and O–H groups in total. The van der Waals surface area contributed by atoms with E-state index >= 15 is 0 Å². The number of carboxylic acid groups (broad SMARTS) is 1. The van der Waals surface area contributed by atoms with Gasteiger partial charge >= 0.3 is 5.97 Å². The minimum atomic E-state index is -0.975. The van der Waals surface area contributed by atoms with E-state index in [1.54, 1.807) is 6.20 Å². The molecule has 0 saturated heterocycles. The molecule has 19 heavy (non-hydrogen) atoms. The maximum atomic E-state index is 11.2. The van der Waals surface area contributed by atoms with Gasteiger partial charge in [-0.2, -0.15) is 5.10 Å². The van der Waals surface area contributed by atoms with Crippen molar-refractivity contribution >= 4 is 17.3 Å². The summed E-state index contributed by atoms with van der Waals surface area (Å²) in [6.45, 7) is 3.04. The summed E-state index contributed by atoms with van der Waals surface area (Å²) >= 11 is 1.15. The minimum absolute atomic E-state index is 0.194. The molecule has 0 aliphatic carbocycles. The van der Waals surface area contributed by atoms with Gasteiger partial charge in [-0.1, -0.05) is 6.92 Å². The van der Waals surface area contributed by atoms with Crippen LogP contribution in [0, 0.1) is 0 Å². The second-order valence-electron chi connectivity index (χ2n) is 3.97. The third-order valence-corrected chi connectivity index (χ3v) is 3.65. The second kappa shape index (κ2) is 5.94. The van der Waals surface area contributed by atoms with E-state index < -0.39 is 5.97 Å². The fourth-order valence-corrected chi connectivity index (χ4v) is 2.70. The van der Waals surface area contributed by atoms with Crippen molar-refractivity contribution in [2.24, 2.45) is 0 Å². The lowest BCUT2D eigenvalue weighted by Gasteiger charge is -2.02. The Bertz CT molecular complexity index is 577. The summed E-state index contributed by atoms with van der Waals surface area (Å²) in [6, 6.07) is 1.84. The van der Waals surface area contributed by atoms with E-state index in [1.165, 1.54) is 7.11 Å². The van der Waals surface area contributed by atoms with Crippen LogP contribution in [0.15, 0.2) is 12.3 Å². The van der Waals surface area contributed by atoms with Gasteiger partial charge in [-0.3, -0.25) is 4.68 Å². The van der Waals surface area contributed by atoms with Crippen LogP contribution in [-0.2, 0) is 17.9 Å². The molecule has 0 fully saturated rings. The molecule has 6 nitrogen and oxygen atoms in total. The van der Waals surface area contributed by atoms with Gasteiger partial charge in [0.05, 0.1) is 18.0 Å². The van der Waals surface area contributed by atoms with Gasteiger partial charge in [0.15, 0.2) is 0 Å². The quantitative estimate of drug-likeness (QED) is 0.878. The number of rotatable bonds is 6. The molecule has 2 rings (SSSR count). The van der Waals surface area contributed by atoms with Gasteiger partial charge in [0, 0.05) is 19.9 Å². The number of nitrogens with zero attached hydrogens (tertiary/aromatic N) is 3. The highest BCUT2D eigenvalue weighted by atomic mass is 32.1. The van der Waals surface area contributed by atoms with E-state index in [2.05, 4.69) is 17.0 Å². The maximum absolute atomic E-state index is 11.2. The van der Waals surface area contributed by atoms with E-state index in [9.17, 15) is 4.79 Å². The monoisotopic (exact) mass is 281 g/mol. The third-order valence-electron chi connectivity index (χ3n) is 2.54. The maximum Gasteiger partial charge on any atom is 0.347 e. The first-order chi connectivity index (χ1) is 9.17. The Hall–Kier alpha value is -1.73. The Morgan fingerprint density at radius 3 is 3.00 bits per heavy atom. The summed E-state index contributed by atoms with van der Waals surface area (Å²) in [6.07, 6.45) is 2.65. The average molecular weight is 281 g/mol. The first-order valence-corrected chi connectivity index (χ1v) is 6.73. The van der Waals surface area contributed by atoms with Crippen LogP contribution in [0.4, 0.5) is 0 Å². The largest absolute Gasteiger partial charge is 0.477 e. The van der Waals surface area contributed by atoms with E-state index in [0.717, 1.165) is 30.0 Å². The molecule has 0 aliphatic rings. The molecule has 0 bridgehead atoms. The molecule has 0 aromatic carbocycles. The highest BCUT2D eigenvalue weighted by Gasteiger charge is 2.19. The van der Waals surface area contributed by atoms with Crippen molar-refractivity contribution in [3.05, 3.63) is 22.8 Å². The molecular weight excluding hydrogens is 266 g/mol. The molecule has 0 unspecified atom stereocenters. The molecule has 0 amide bonds. The standard InChI is InChI=1S/C12H15N3O3S/c1-3-6-15-9(4-5-13-15)11-14-8(7-18-2)10(19-11)12(16)17/h4-5H,3,6-7H2,1-2H3,(H,16,17). The molecule has 2 aromatic heterocycles. The number of hydrogen-bond acceptors (Lipinski definition) is 5. The van der Waals surface area contributed by atoms with Crippen molar-refractivity contribution in [3.63, 3.8) is 0 Å². The average Bonchev–Trinajstić information content (AvgIpc) is 2.96. The van der Waals surface area contributed by atoms with Crippen LogP contribution in [0.5, 0.6) is 0 Å². The highest BCUT2D eigenvalue weighted by molar-refractivity contribution is 7.17. The molecule has 102 valence electrons. The minimum Gasteiger partial charge on any atom is -0.477 e. The topological polar surface area (TPSA) is 77.2 Å². The summed E-state index contributed by atoms with van der Waals surface area (Å²) in [5.41, 5.74) is 1.30. The van der Waals surface area contributed by atoms with Crippen LogP contribution in [0.3, 0.4) is 0 Å². The predicted octanol–water partition coefficient (Wildman–Crippen LogP) is 2.26. The Labute approximate surface area is 114 Å². The van der Waals surface area contributed by atoms with Gasteiger partial charge in [0.2, 0.25) is 0 Å². The van der Waals surface area contributed by atoms with Gasteiger partial charge in [-0.15, -0.1) is 11.3 Å². The molecule has 2 heterocycles. The number of aromatic carboxylic acids is 1. The number of hydrogen-bond donors (Lipinski definition) is 1. The number of carboxylic acids is 1. The first-order valence-electron chi connectivity index (χ1n) is 5.91. The molecule has 0 spiro atoms. The third kappa shape index (κ3) is 2.82. The van der Waals surface area contributed by atoms with E-state index in [-0.39, 0.29) is 11.5 Å². The second-order valence-corrected chi connectivity index (χ2v) is 4.97. The summed E-state index contributed by atoms with van der Waals surface area (Å²) in [5.74, 6) is -0.975.